The van der Waals surface area contributed by atoms with Crippen LogP contribution in [0.5, 0.6) is 0 Å². The molecule has 5 nitrogen and oxygen atoms in total. The molecule has 0 fully saturated rings. The summed E-state index contributed by atoms with van der Waals surface area (Å²) < 4.78 is 6.94. The number of nitrogens with zero attached hydrogens (tertiary/aromatic N) is 2. The second-order valence-corrected chi connectivity index (χ2v) is 6.45. The maximum Gasteiger partial charge on any atom is 0.350 e. The van der Waals surface area contributed by atoms with Gasteiger partial charge in [-0.2, -0.15) is 4.99 Å². The highest BCUT2D eigenvalue weighted by Crippen LogP contribution is 2.18. The predicted octanol–water partition coefficient (Wildman–Crippen LogP) is 3.77. The molecule has 0 aliphatic heterocycles. The lowest BCUT2D eigenvalue weighted by Crippen LogP contribution is -2.16. The summed E-state index contributed by atoms with van der Waals surface area (Å²) in [6.07, 6.45) is 0. The van der Waals surface area contributed by atoms with Crippen LogP contribution in [-0.2, 0) is 4.74 Å². The van der Waals surface area contributed by atoms with Crippen molar-refractivity contribution in [1.29, 1.82) is 0 Å². The van der Waals surface area contributed by atoms with Gasteiger partial charge in [0.15, 0.2) is 4.80 Å². The van der Waals surface area contributed by atoms with Crippen LogP contribution in [0.15, 0.2) is 65.7 Å². The zero-order chi connectivity index (χ0) is 18.5. The van der Waals surface area contributed by atoms with Gasteiger partial charge in [-0.25, -0.2) is 4.79 Å². The fourth-order valence-electron chi connectivity index (χ4n) is 2.53. The van der Waals surface area contributed by atoms with Crippen molar-refractivity contribution >= 4 is 23.2 Å². The first-order chi connectivity index (χ1) is 12.6. The van der Waals surface area contributed by atoms with Crippen LogP contribution >= 0.6 is 11.3 Å². The average Bonchev–Trinajstić information content (AvgIpc) is 2.99. The molecule has 1 aromatic heterocycles. The molecule has 132 valence electrons. The average molecular weight is 366 g/mol. The molecule has 1 heterocycles. The molecule has 1 amide bonds. The predicted molar refractivity (Wildman–Crippen MR) is 101 cm³/mol. The highest BCUT2D eigenvalue weighted by Gasteiger charge is 2.19. The molecule has 3 rings (SSSR count). The zero-order valence-electron chi connectivity index (χ0n) is 14.5. The molecule has 6 heteroatoms. The molecule has 0 bridgehead atoms. The standard InChI is InChI=1S/C20H18N2O3S/c1-3-25-19(24)17-14(2)22(16-12-8-5-9-13-16)20(26-17)21-18(23)15-10-6-4-7-11-15/h4-13H,3H2,1-2H3. The van der Waals surface area contributed by atoms with E-state index in [2.05, 4.69) is 4.99 Å². The van der Waals surface area contributed by atoms with E-state index in [4.69, 9.17) is 4.74 Å². The summed E-state index contributed by atoms with van der Waals surface area (Å²) in [5.74, 6) is -0.764. The normalized spacial score (nSPS) is 11.4. The summed E-state index contributed by atoms with van der Waals surface area (Å²) in [6.45, 7) is 3.87. The first-order valence-electron chi connectivity index (χ1n) is 8.21. The maximum absolute atomic E-state index is 12.5. The number of hydrogen-bond donors (Lipinski definition) is 0. The first-order valence-corrected chi connectivity index (χ1v) is 9.02. The summed E-state index contributed by atoms with van der Waals surface area (Å²) in [4.78, 5) is 29.9. The Hall–Kier alpha value is -2.99. The molecule has 0 aliphatic carbocycles. The minimum atomic E-state index is -0.409. The molecule has 0 unspecified atom stereocenters. The third-order valence-corrected chi connectivity index (χ3v) is 4.86. The molecule has 0 saturated heterocycles. The summed E-state index contributed by atoms with van der Waals surface area (Å²) in [5.41, 5.74) is 2.02. The van der Waals surface area contributed by atoms with E-state index in [1.807, 2.05) is 43.3 Å². The topological polar surface area (TPSA) is 60.7 Å². The molecular weight excluding hydrogens is 348 g/mol. The molecule has 2 aromatic carbocycles. The van der Waals surface area contributed by atoms with Gasteiger partial charge in [-0.15, -0.1) is 0 Å². The van der Waals surface area contributed by atoms with Crippen LogP contribution in [0.25, 0.3) is 5.69 Å². The number of amides is 1. The van der Waals surface area contributed by atoms with Crippen molar-refractivity contribution in [3.8, 4) is 5.69 Å². The number of para-hydroxylation sites is 1. The maximum atomic E-state index is 12.5. The molecule has 0 aliphatic rings. The van der Waals surface area contributed by atoms with E-state index < -0.39 is 5.97 Å². The van der Waals surface area contributed by atoms with E-state index >= 15 is 0 Å². The number of ether oxygens (including phenoxy) is 1. The fraction of sp³-hybridized carbons (Fsp3) is 0.150. The van der Waals surface area contributed by atoms with Gasteiger partial charge in [-0.3, -0.25) is 9.36 Å². The molecule has 0 saturated carbocycles. The van der Waals surface area contributed by atoms with Gasteiger partial charge < -0.3 is 4.74 Å². The Balaban J connectivity index is 2.17. The number of rotatable bonds is 4. The summed E-state index contributed by atoms with van der Waals surface area (Å²) >= 11 is 1.15. The Kier molecular flexibility index (Phi) is 5.43. The third-order valence-electron chi connectivity index (χ3n) is 3.74. The van der Waals surface area contributed by atoms with Crippen LogP contribution in [0.3, 0.4) is 0 Å². The van der Waals surface area contributed by atoms with Crippen molar-refractivity contribution in [2.45, 2.75) is 13.8 Å². The van der Waals surface area contributed by atoms with Crippen LogP contribution in [0, 0.1) is 6.92 Å². The van der Waals surface area contributed by atoms with Crippen LogP contribution in [0.1, 0.15) is 32.6 Å². The number of carbonyl (C=O) groups is 2. The van der Waals surface area contributed by atoms with Crippen LogP contribution in [-0.4, -0.2) is 23.1 Å². The number of hydrogen-bond acceptors (Lipinski definition) is 4. The molecule has 26 heavy (non-hydrogen) atoms. The number of thiazole rings is 1. The smallest absolute Gasteiger partial charge is 0.350 e. The molecule has 0 spiro atoms. The van der Waals surface area contributed by atoms with E-state index in [1.54, 1.807) is 35.8 Å². The van der Waals surface area contributed by atoms with Gasteiger partial charge in [-0.1, -0.05) is 47.7 Å². The number of aromatic nitrogens is 1. The number of esters is 1. The molecule has 0 N–H and O–H groups in total. The van der Waals surface area contributed by atoms with Crippen molar-refractivity contribution in [1.82, 2.24) is 4.57 Å². The number of benzene rings is 2. The largest absolute Gasteiger partial charge is 0.462 e. The van der Waals surface area contributed by atoms with Crippen molar-refractivity contribution in [2.75, 3.05) is 6.61 Å². The van der Waals surface area contributed by atoms with E-state index in [1.165, 1.54) is 0 Å². The molecule has 0 atom stereocenters. The SMILES string of the molecule is CCOC(=O)c1sc(=NC(=O)c2ccccc2)n(-c2ccccc2)c1C. The second-order valence-electron chi connectivity index (χ2n) is 5.47. The van der Waals surface area contributed by atoms with E-state index in [9.17, 15) is 9.59 Å². The van der Waals surface area contributed by atoms with E-state index in [-0.39, 0.29) is 12.5 Å². The van der Waals surface area contributed by atoms with Gasteiger partial charge in [-0.05, 0) is 38.1 Å². The molecular formula is C20H18N2O3S. The van der Waals surface area contributed by atoms with Gasteiger partial charge in [0.1, 0.15) is 4.88 Å². The first kappa shape index (κ1) is 17.8. The second kappa shape index (κ2) is 7.93. The third kappa shape index (κ3) is 3.65. The quantitative estimate of drug-likeness (QED) is 0.661. The van der Waals surface area contributed by atoms with Crippen LogP contribution < -0.4 is 4.80 Å². The number of carbonyl (C=O) groups excluding carboxylic acids is 2. The lowest BCUT2D eigenvalue weighted by Gasteiger charge is -2.06. The van der Waals surface area contributed by atoms with Crippen molar-refractivity contribution in [2.24, 2.45) is 4.99 Å². The summed E-state index contributed by atoms with van der Waals surface area (Å²) in [5, 5.41) is 0. The Morgan fingerprint density at radius 2 is 1.65 bits per heavy atom. The van der Waals surface area contributed by atoms with Crippen molar-refractivity contribution in [3.63, 3.8) is 0 Å². The van der Waals surface area contributed by atoms with Gasteiger partial charge in [0.05, 0.1) is 6.61 Å². The minimum Gasteiger partial charge on any atom is -0.462 e. The van der Waals surface area contributed by atoms with Gasteiger partial charge >= 0.3 is 5.97 Å². The van der Waals surface area contributed by atoms with Gasteiger partial charge in [0.2, 0.25) is 0 Å². The lowest BCUT2D eigenvalue weighted by molar-refractivity contribution is 0.0530. The van der Waals surface area contributed by atoms with Gasteiger partial charge in [0.25, 0.3) is 5.91 Å². The Morgan fingerprint density at radius 1 is 1.04 bits per heavy atom. The lowest BCUT2D eigenvalue weighted by atomic mass is 10.2. The monoisotopic (exact) mass is 366 g/mol. The van der Waals surface area contributed by atoms with E-state index in [0.29, 0.717) is 20.9 Å². The summed E-state index contributed by atoms with van der Waals surface area (Å²) in [7, 11) is 0. The van der Waals surface area contributed by atoms with Crippen molar-refractivity contribution in [3.05, 3.63) is 81.6 Å². The fourth-order valence-corrected chi connectivity index (χ4v) is 3.55. The highest BCUT2D eigenvalue weighted by atomic mass is 32.1. The van der Waals surface area contributed by atoms with Crippen LogP contribution in [0.2, 0.25) is 0 Å². The summed E-state index contributed by atoms with van der Waals surface area (Å²) in [6, 6.07) is 18.4. The van der Waals surface area contributed by atoms with Crippen LogP contribution in [0.4, 0.5) is 0 Å². The highest BCUT2D eigenvalue weighted by molar-refractivity contribution is 7.11. The molecule has 3 aromatic rings. The Morgan fingerprint density at radius 3 is 2.27 bits per heavy atom. The van der Waals surface area contributed by atoms with E-state index in [0.717, 1.165) is 17.0 Å². The zero-order valence-corrected chi connectivity index (χ0v) is 15.3. The minimum absolute atomic E-state index is 0.289. The van der Waals surface area contributed by atoms with Gasteiger partial charge in [0, 0.05) is 16.9 Å². The Labute approximate surface area is 155 Å². The Bertz CT molecular complexity index is 989. The van der Waals surface area contributed by atoms with Crippen molar-refractivity contribution < 1.29 is 14.3 Å². The molecule has 0 radical (unpaired) electrons.